The number of benzene rings is 1. The summed E-state index contributed by atoms with van der Waals surface area (Å²) < 4.78 is 0. The molecule has 0 unspecified atom stereocenters. The molecule has 0 spiro atoms. The van der Waals surface area contributed by atoms with E-state index in [0.717, 1.165) is 6.42 Å². The molecule has 0 heterocycles. The fraction of sp³-hybridized carbons (Fsp3) is 0.500. The number of hydrogen-bond donors (Lipinski definition) is 1. The summed E-state index contributed by atoms with van der Waals surface area (Å²) in [7, 11) is 0. The lowest BCUT2D eigenvalue weighted by Crippen LogP contribution is -2.33. The molecule has 0 saturated carbocycles. The van der Waals surface area contributed by atoms with Gasteiger partial charge in [0.05, 0.1) is 0 Å². The predicted molar refractivity (Wildman–Crippen MR) is 91.4 cm³/mol. The maximum atomic E-state index is 12.0. The van der Waals surface area contributed by atoms with Gasteiger partial charge in [0.1, 0.15) is 0 Å². The number of amides is 2. The van der Waals surface area contributed by atoms with Gasteiger partial charge in [0.15, 0.2) is 5.78 Å². The van der Waals surface area contributed by atoms with E-state index >= 15 is 0 Å². The highest BCUT2D eigenvalue weighted by molar-refractivity contribution is 5.97. The number of nitrogens with zero attached hydrogens (tertiary/aromatic N) is 1. The molecule has 126 valence electrons. The molecule has 1 N–H and O–H groups in total. The van der Waals surface area contributed by atoms with Crippen LogP contribution in [0.4, 0.5) is 5.69 Å². The third kappa shape index (κ3) is 7.08. The number of carbonyl (C=O) groups excluding carboxylic acids is 3. The van der Waals surface area contributed by atoms with Crippen LogP contribution in [-0.2, 0) is 9.59 Å². The first-order chi connectivity index (χ1) is 10.8. The summed E-state index contributed by atoms with van der Waals surface area (Å²) >= 11 is 0. The molecule has 0 aliphatic carbocycles. The van der Waals surface area contributed by atoms with Crippen LogP contribution in [0.3, 0.4) is 0 Å². The Labute approximate surface area is 138 Å². The zero-order valence-electron chi connectivity index (χ0n) is 14.4. The Kier molecular flexibility index (Phi) is 7.45. The van der Waals surface area contributed by atoms with E-state index in [-0.39, 0.29) is 24.0 Å². The van der Waals surface area contributed by atoms with E-state index in [1.54, 1.807) is 29.2 Å². The van der Waals surface area contributed by atoms with E-state index < -0.39 is 0 Å². The van der Waals surface area contributed by atoms with Crippen LogP contribution in [0.2, 0.25) is 0 Å². The lowest BCUT2D eigenvalue weighted by atomic mass is 10.1. The van der Waals surface area contributed by atoms with Gasteiger partial charge in [-0.3, -0.25) is 14.4 Å². The summed E-state index contributed by atoms with van der Waals surface area (Å²) in [5, 5.41) is 2.77. The van der Waals surface area contributed by atoms with Crippen LogP contribution in [0, 0.1) is 5.92 Å². The maximum Gasteiger partial charge on any atom is 0.226 e. The number of ketones is 1. The maximum absolute atomic E-state index is 12.0. The van der Waals surface area contributed by atoms with E-state index in [1.165, 1.54) is 13.8 Å². The minimum absolute atomic E-state index is 0.0166. The smallest absolute Gasteiger partial charge is 0.226 e. The molecule has 0 aliphatic rings. The highest BCUT2D eigenvalue weighted by Crippen LogP contribution is 2.12. The van der Waals surface area contributed by atoms with Crippen molar-refractivity contribution >= 4 is 23.3 Å². The van der Waals surface area contributed by atoms with E-state index in [9.17, 15) is 14.4 Å². The predicted octanol–water partition coefficient (Wildman–Crippen LogP) is 3.11. The number of hydrogen-bond acceptors (Lipinski definition) is 3. The number of Topliss-reactive ketones (excluding diaryl/α,β-unsaturated/α-hetero) is 1. The van der Waals surface area contributed by atoms with Crippen LogP contribution in [0.5, 0.6) is 0 Å². The molecule has 1 aromatic carbocycles. The molecular weight excluding hydrogens is 292 g/mol. The van der Waals surface area contributed by atoms with Gasteiger partial charge in [-0.1, -0.05) is 26.0 Å². The summed E-state index contributed by atoms with van der Waals surface area (Å²) in [6, 6.07) is 6.84. The van der Waals surface area contributed by atoms with Crippen molar-refractivity contribution in [2.45, 2.75) is 40.5 Å². The molecule has 0 atom stereocenters. The topological polar surface area (TPSA) is 66.5 Å². The number of anilines is 1. The molecular formula is C18H26N2O3. The average Bonchev–Trinajstić information content (AvgIpc) is 2.46. The van der Waals surface area contributed by atoms with Gasteiger partial charge in [0.25, 0.3) is 0 Å². The largest absolute Gasteiger partial charge is 0.342 e. The van der Waals surface area contributed by atoms with Crippen molar-refractivity contribution in [2.75, 3.05) is 18.4 Å². The summed E-state index contributed by atoms with van der Waals surface area (Å²) in [5.41, 5.74) is 1.16. The van der Waals surface area contributed by atoms with Crippen LogP contribution >= 0.6 is 0 Å². The molecule has 0 saturated heterocycles. The molecule has 1 rings (SSSR count). The summed E-state index contributed by atoms with van der Waals surface area (Å²) in [4.78, 5) is 36.7. The van der Waals surface area contributed by atoms with Crippen LogP contribution in [0.25, 0.3) is 0 Å². The SMILES string of the molecule is CC(=O)c1cccc(NC(=O)CCN(CCC(C)C)C(C)=O)c1. The normalized spacial score (nSPS) is 10.5. The Bertz CT molecular complexity index is 567. The molecule has 0 radical (unpaired) electrons. The van der Waals surface area contributed by atoms with Crippen LogP contribution in [-0.4, -0.2) is 35.6 Å². The fourth-order valence-electron chi connectivity index (χ4n) is 2.12. The fourth-order valence-corrected chi connectivity index (χ4v) is 2.12. The minimum atomic E-state index is -0.165. The molecule has 2 amide bonds. The van der Waals surface area contributed by atoms with Crippen molar-refractivity contribution in [2.24, 2.45) is 5.92 Å². The highest BCUT2D eigenvalue weighted by Gasteiger charge is 2.12. The van der Waals surface area contributed by atoms with E-state index in [0.29, 0.717) is 30.3 Å². The highest BCUT2D eigenvalue weighted by atomic mass is 16.2. The summed E-state index contributed by atoms with van der Waals surface area (Å²) in [6.07, 6.45) is 1.16. The molecule has 0 aliphatic heterocycles. The zero-order valence-corrected chi connectivity index (χ0v) is 14.4. The van der Waals surface area contributed by atoms with Gasteiger partial charge in [-0.2, -0.15) is 0 Å². The lowest BCUT2D eigenvalue weighted by Gasteiger charge is -2.21. The van der Waals surface area contributed by atoms with Gasteiger partial charge < -0.3 is 10.2 Å². The third-order valence-corrected chi connectivity index (χ3v) is 3.58. The van der Waals surface area contributed by atoms with Crippen LogP contribution in [0.1, 0.15) is 50.9 Å². The van der Waals surface area contributed by atoms with Gasteiger partial charge in [-0.05, 0) is 31.4 Å². The number of nitrogens with one attached hydrogen (secondary N) is 1. The van der Waals surface area contributed by atoms with E-state index in [2.05, 4.69) is 19.2 Å². The van der Waals surface area contributed by atoms with Crippen molar-refractivity contribution in [1.29, 1.82) is 0 Å². The van der Waals surface area contributed by atoms with Crippen LogP contribution in [0.15, 0.2) is 24.3 Å². The van der Waals surface area contributed by atoms with E-state index in [4.69, 9.17) is 0 Å². The molecule has 5 heteroatoms. The Morgan fingerprint density at radius 2 is 1.83 bits per heavy atom. The molecule has 1 aromatic rings. The second-order valence-electron chi connectivity index (χ2n) is 6.12. The molecule has 0 aromatic heterocycles. The van der Waals surface area contributed by atoms with E-state index in [1.807, 2.05) is 0 Å². The Morgan fingerprint density at radius 3 is 2.39 bits per heavy atom. The summed E-state index contributed by atoms with van der Waals surface area (Å²) in [6.45, 7) is 8.29. The van der Waals surface area contributed by atoms with Gasteiger partial charge in [-0.15, -0.1) is 0 Å². The second kappa shape index (κ2) is 9.08. The molecule has 23 heavy (non-hydrogen) atoms. The first-order valence-corrected chi connectivity index (χ1v) is 7.96. The van der Waals surface area contributed by atoms with Crippen molar-refractivity contribution in [3.63, 3.8) is 0 Å². The molecule has 0 bridgehead atoms. The Hall–Kier alpha value is -2.17. The number of rotatable bonds is 8. The van der Waals surface area contributed by atoms with Crippen molar-refractivity contribution in [1.82, 2.24) is 4.90 Å². The zero-order chi connectivity index (χ0) is 17.4. The minimum Gasteiger partial charge on any atom is -0.342 e. The average molecular weight is 318 g/mol. The van der Waals surface area contributed by atoms with Crippen LogP contribution < -0.4 is 5.32 Å². The van der Waals surface area contributed by atoms with Gasteiger partial charge in [0.2, 0.25) is 11.8 Å². The molecule has 0 fully saturated rings. The molecule has 5 nitrogen and oxygen atoms in total. The van der Waals surface area contributed by atoms with Crippen molar-refractivity contribution in [3.05, 3.63) is 29.8 Å². The van der Waals surface area contributed by atoms with Crippen molar-refractivity contribution < 1.29 is 14.4 Å². The van der Waals surface area contributed by atoms with Gasteiger partial charge >= 0.3 is 0 Å². The standard InChI is InChI=1S/C18H26N2O3/c1-13(2)8-10-20(15(4)22)11-9-18(23)19-17-7-5-6-16(12-17)14(3)21/h5-7,12-13H,8-11H2,1-4H3,(H,19,23). The Balaban J connectivity index is 2.53. The van der Waals surface area contributed by atoms with Gasteiger partial charge in [-0.25, -0.2) is 0 Å². The second-order valence-corrected chi connectivity index (χ2v) is 6.12. The first-order valence-electron chi connectivity index (χ1n) is 7.96. The Morgan fingerprint density at radius 1 is 1.13 bits per heavy atom. The third-order valence-electron chi connectivity index (χ3n) is 3.58. The lowest BCUT2D eigenvalue weighted by molar-refractivity contribution is -0.129. The van der Waals surface area contributed by atoms with Gasteiger partial charge in [0, 0.05) is 37.7 Å². The first kappa shape index (κ1) is 18.9. The monoisotopic (exact) mass is 318 g/mol. The van der Waals surface area contributed by atoms with Crippen molar-refractivity contribution in [3.8, 4) is 0 Å². The quantitative estimate of drug-likeness (QED) is 0.749. The summed E-state index contributed by atoms with van der Waals surface area (Å²) in [5.74, 6) is 0.288. The number of carbonyl (C=O) groups is 3.